The van der Waals surface area contributed by atoms with Crippen molar-refractivity contribution in [1.82, 2.24) is 56.0 Å². The van der Waals surface area contributed by atoms with Crippen LogP contribution in [0.25, 0.3) is 0 Å². The third-order valence-electron chi connectivity index (χ3n) is 7.12. The third kappa shape index (κ3) is 20.1. The average Bonchev–Trinajstić information content (AvgIpc) is 3.67. The molecule has 54 heavy (non-hydrogen) atoms. The first-order chi connectivity index (χ1) is 25.2. The summed E-state index contributed by atoms with van der Waals surface area (Å²) in [7, 11) is 4.96. The zero-order valence-corrected chi connectivity index (χ0v) is 32.2. The molecule has 0 spiro atoms. The lowest BCUT2D eigenvalue weighted by Gasteiger charge is -2.35. The molecule has 0 saturated carbocycles. The molecule has 4 amide bonds. The number of rotatable bonds is 26. The van der Waals surface area contributed by atoms with Gasteiger partial charge in [0.1, 0.15) is 36.7 Å². The number of nitrogens with zero attached hydrogens (tertiary/aromatic N) is 7. The molecular formula is C29H54B3N13O9. The van der Waals surface area contributed by atoms with Gasteiger partial charge in [-0.2, -0.15) is 0 Å². The highest BCUT2D eigenvalue weighted by molar-refractivity contribution is 6.05. The molecule has 2 heterocycles. The summed E-state index contributed by atoms with van der Waals surface area (Å²) < 4.78 is 26.2. The van der Waals surface area contributed by atoms with Crippen LogP contribution in [-0.4, -0.2) is 157 Å². The second kappa shape index (κ2) is 22.0. The van der Waals surface area contributed by atoms with Gasteiger partial charge in [0, 0.05) is 24.3 Å². The molecular weight excluding hydrogens is 707 g/mol. The number of ether oxygens (including phenoxy) is 4. The summed E-state index contributed by atoms with van der Waals surface area (Å²) in [6.07, 6.45) is 4.92. The Morgan fingerprint density at radius 2 is 1.31 bits per heavy atom. The van der Waals surface area contributed by atoms with Crippen molar-refractivity contribution in [2.45, 2.75) is 70.4 Å². The molecule has 0 atom stereocenters. The molecule has 0 aromatic carbocycles. The fourth-order valence-electron chi connectivity index (χ4n) is 4.60. The van der Waals surface area contributed by atoms with Gasteiger partial charge in [-0.25, -0.2) is 0 Å². The summed E-state index contributed by atoms with van der Waals surface area (Å²) >= 11 is 0. The van der Waals surface area contributed by atoms with Crippen molar-refractivity contribution >= 4 is 47.6 Å². The minimum Gasteiger partial charge on any atom is -0.399 e. The number of aromatic nitrogens is 6. The SMILES string of the molecule is BN(N)/C=C(\N)CNC(=O)COCC(COCC(=O)NCc1cn(B)nn1)(COCC(=O)NCc1cn(B)nn1)NC(=O)CC(C)(C)OCCC(C)(C)O. The summed E-state index contributed by atoms with van der Waals surface area (Å²) in [6.45, 7) is 4.82. The molecule has 0 aliphatic rings. The second-order valence-corrected chi connectivity index (χ2v) is 14.1. The van der Waals surface area contributed by atoms with Gasteiger partial charge in [-0.15, -0.1) is 10.2 Å². The van der Waals surface area contributed by atoms with Crippen LogP contribution in [-0.2, 0) is 51.2 Å². The Bertz CT molecular complexity index is 1470. The van der Waals surface area contributed by atoms with Gasteiger partial charge in [-0.05, 0) is 34.1 Å². The van der Waals surface area contributed by atoms with Crippen molar-refractivity contribution < 1.29 is 43.2 Å². The van der Waals surface area contributed by atoms with Crippen LogP contribution < -0.4 is 32.8 Å². The van der Waals surface area contributed by atoms with Crippen molar-refractivity contribution in [2.24, 2.45) is 11.6 Å². The smallest absolute Gasteiger partial charge is 0.251 e. The zero-order chi connectivity index (χ0) is 40.4. The van der Waals surface area contributed by atoms with E-state index in [4.69, 9.17) is 30.5 Å². The predicted octanol–water partition coefficient (Wildman–Crippen LogP) is -6.51. The zero-order valence-electron chi connectivity index (χ0n) is 32.2. The number of carbonyl (C=O) groups is 4. The molecule has 25 heteroatoms. The first kappa shape index (κ1) is 45.6. The minimum atomic E-state index is -1.52. The van der Waals surface area contributed by atoms with Crippen LogP contribution in [0, 0.1) is 0 Å². The second-order valence-electron chi connectivity index (χ2n) is 14.1. The molecule has 2 rings (SSSR count). The lowest BCUT2D eigenvalue weighted by Crippen LogP contribution is -2.60. The van der Waals surface area contributed by atoms with Crippen LogP contribution in [0.15, 0.2) is 24.3 Å². The number of hydrogen-bond acceptors (Lipinski definition) is 16. The molecule has 0 unspecified atom stereocenters. The fraction of sp³-hybridized carbons (Fsp3) is 0.655. The van der Waals surface area contributed by atoms with Crippen molar-refractivity contribution in [3.05, 3.63) is 35.7 Å². The van der Waals surface area contributed by atoms with E-state index in [1.807, 2.05) is 0 Å². The van der Waals surface area contributed by atoms with Crippen molar-refractivity contribution in [2.75, 3.05) is 52.8 Å². The highest BCUT2D eigenvalue weighted by atomic mass is 16.5. The average molecular weight is 761 g/mol. The molecule has 0 saturated heterocycles. The van der Waals surface area contributed by atoms with Gasteiger partial charge in [-0.1, -0.05) is 10.4 Å². The Labute approximate surface area is 317 Å². The van der Waals surface area contributed by atoms with Crippen LogP contribution in [0.2, 0.25) is 0 Å². The van der Waals surface area contributed by atoms with Gasteiger partial charge in [-0.3, -0.25) is 25.0 Å². The maximum absolute atomic E-state index is 13.6. The molecule has 0 bridgehead atoms. The number of carbonyl (C=O) groups excluding carboxylic acids is 4. The summed E-state index contributed by atoms with van der Waals surface area (Å²) in [5.41, 5.74) is 3.76. The Balaban J connectivity index is 2.20. The number of nitrogens with one attached hydrogen (secondary N) is 4. The van der Waals surface area contributed by atoms with E-state index in [0.717, 1.165) is 0 Å². The van der Waals surface area contributed by atoms with Gasteiger partial charge in [0.25, 0.3) is 16.0 Å². The summed E-state index contributed by atoms with van der Waals surface area (Å²) in [4.78, 5) is 52.8. The van der Waals surface area contributed by atoms with E-state index in [0.29, 0.717) is 23.5 Å². The quantitative estimate of drug-likeness (QED) is 0.0267. The van der Waals surface area contributed by atoms with Gasteiger partial charge in [0.2, 0.25) is 31.6 Å². The molecule has 0 aliphatic heterocycles. The highest BCUT2D eigenvalue weighted by Gasteiger charge is 2.36. The normalized spacial score (nSPS) is 12.3. The van der Waals surface area contributed by atoms with E-state index in [9.17, 15) is 24.3 Å². The summed E-state index contributed by atoms with van der Waals surface area (Å²) in [6, 6.07) is 0. The topological polar surface area (TPSA) is 290 Å². The molecule has 2 aromatic heterocycles. The van der Waals surface area contributed by atoms with Gasteiger partial charge >= 0.3 is 0 Å². The molecule has 9 N–H and O–H groups in total. The van der Waals surface area contributed by atoms with Crippen molar-refractivity contribution in [1.29, 1.82) is 0 Å². The first-order valence-corrected chi connectivity index (χ1v) is 17.1. The predicted molar refractivity (Wildman–Crippen MR) is 200 cm³/mol. The van der Waals surface area contributed by atoms with Crippen molar-refractivity contribution in [3.63, 3.8) is 0 Å². The largest absolute Gasteiger partial charge is 0.399 e. The Morgan fingerprint density at radius 1 is 0.852 bits per heavy atom. The van der Waals surface area contributed by atoms with Crippen LogP contribution in [0.1, 0.15) is 51.9 Å². The Hall–Kier alpha value is -4.55. The van der Waals surface area contributed by atoms with Crippen LogP contribution in [0.4, 0.5) is 0 Å². The number of amides is 4. The number of aliphatic hydroxyl groups is 1. The molecule has 2 aromatic rings. The monoisotopic (exact) mass is 761 g/mol. The van der Waals surface area contributed by atoms with Gasteiger partial charge in [0.15, 0.2) is 0 Å². The lowest BCUT2D eigenvalue weighted by molar-refractivity contribution is -0.137. The first-order valence-electron chi connectivity index (χ1n) is 17.1. The van der Waals surface area contributed by atoms with E-state index in [2.05, 4.69) is 41.9 Å². The number of hydrazine groups is 1. The summed E-state index contributed by atoms with van der Waals surface area (Å²) in [5.74, 6) is 3.55. The van der Waals surface area contributed by atoms with Gasteiger partial charge in [0.05, 0.1) is 63.7 Å². The Kier molecular flexibility index (Phi) is 18.6. The van der Waals surface area contributed by atoms with E-state index in [-0.39, 0.29) is 52.5 Å². The van der Waals surface area contributed by atoms with E-state index in [1.54, 1.807) is 64.0 Å². The van der Waals surface area contributed by atoms with E-state index in [1.165, 1.54) is 20.3 Å². The lowest BCUT2D eigenvalue weighted by atomic mass is 9.99. The van der Waals surface area contributed by atoms with Crippen molar-refractivity contribution in [3.8, 4) is 0 Å². The highest BCUT2D eigenvalue weighted by Crippen LogP contribution is 2.19. The molecule has 0 fully saturated rings. The summed E-state index contributed by atoms with van der Waals surface area (Å²) in [5, 5.41) is 36.4. The molecule has 298 valence electrons. The number of hydrogen-bond donors (Lipinski definition) is 7. The molecule has 0 radical (unpaired) electrons. The van der Waals surface area contributed by atoms with E-state index >= 15 is 0 Å². The maximum Gasteiger partial charge on any atom is 0.251 e. The minimum absolute atomic E-state index is 0.00622. The van der Waals surface area contributed by atoms with Gasteiger partial charge < -0.3 is 65.2 Å². The van der Waals surface area contributed by atoms with Crippen LogP contribution >= 0.6 is 0 Å². The standard InChI is InChI=1S/C29H54B3N13O9/c1-27(2,50)5-6-54-28(3,4)7-23(46)38-29(17-51-14-24(47)35-8-20(33)11-43(30)34,18-52-15-25(48)36-9-21-12-44(31)41-39-21)19-53-16-26(49)37-10-22-13-45(32)42-40-22/h11-13,50H,5-10,14-19,30-34H2,1-4H3,(H,35,47)(H,36,48)(H,37,49)(H,38,46)/b20-11-. The van der Waals surface area contributed by atoms with E-state index < -0.39 is 60.2 Å². The number of nitrogens with two attached hydrogens (primary N) is 2. The maximum atomic E-state index is 13.6. The fourth-order valence-corrected chi connectivity index (χ4v) is 4.60. The molecule has 22 nitrogen and oxygen atoms in total. The Morgan fingerprint density at radius 3 is 1.72 bits per heavy atom. The van der Waals surface area contributed by atoms with Crippen LogP contribution in [0.3, 0.4) is 0 Å². The molecule has 0 aliphatic carbocycles. The van der Waals surface area contributed by atoms with Crippen LogP contribution in [0.5, 0.6) is 0 Å². The third-order valence-corrected chi connectivity index (χ3v) is 7.12.